The van der Waals surface area contributed by atoms with Crippen LogP contribution in [0.25, 0.3) is 106 Å². The molecule has 2 aromatic heterocycles. The van der Waals surface area contributed by atoms with Crippen molar-refractivity contribution in [2.45, 2.75) is 0 Å². The molecule has 0 aliphatic heterocycles. The average molecular weight is 779 g/mol. The summed E-state index contributed by atoms with van der Waals surface area (Å²) in [5.74, 6) is 1.86. The van der Waals surface area contributed by atoms with Crippen LogP contribution < -0.4 is 0 Å². The molecule has 11 rings (SSSR count). The topological polar surface area (TPSA) is 43.6 Å². The molecule has 0 unspecified atom stereocenters. The van der Waals surface area contributed by atoms with Gasteiger partial charge in [-0.2, -0.15) is 0 Å². The maximum atomic E-state index is 5.29. The summed E-state index contributed by atoms with van der Waals surface area (Å²) < 4.78 is 2.37. The van der Waals surface area contributed by atoms with Gasteiger partial charge in [0.05, 0.1) is 11.0 Å². The van der Waals surface area contributed by atoms with E-state index in [1.165, 1.54) is 27.6 Å². The van der Waals surface area contributed by atoms with Crippen LogP contribution in [0.5, 0.6) is 0 Å². The van der Waals surface area contributed by atoms with Crippen molar-refractivity contribution < 1.29 is 0 Å². The van der Waals surface area contributed by atoms with Gasteiger partial charge in [0.2, 0.25) is 0 Å². The van der Waals surface area contributed by atoms with Crippen LogP contribution in [-0.4, -0.2) is 19.5 Å². The maximum Gasteiger partial charge on any atom is 0.164 e. The summed E-state index contributed by atoms with van der Waals surface area (Å²) in [6.45, 7) is 0. The van der Waals surface area contributed by atoms with Crippen molar-refractivity contribution in [3.8, 4) is 84.4 Å². The molecule has 286 valence electrons. The smallest absolute Gasteiger partial charge is 0.164 e. The predicted octanol–water partition coefficient (Wildman–Crippen LogP) is 14.6. The zero-order valence-electron chi connectivity index (χ0n) is 33.2. The molecular formula is C57H38N4. The Morgan fingerprint density at radius 1 is 0.246 bits per heavy atom. The highest BCUT2D eigenvalue weighted by molar-refractivity contribution is 6.12. The SMILES string of the molecule is c1ccc(-c2ccc(-c3nc(-c4ccccc4)nc(-c4cc5c(cc4-c4ccccc4)c4ccccc4n5-c4ccc(-c5cccc(-c6ccccc6)c5)cc4)n3)cc2)cc1. The molecule has 11 aromatic rings. The standard InChI is InChI=1S/C57H38N4/c1-5-16-39(17-6-1)41-28-30-45(31-29-41)56-58-55(44-22-11-4-12-23-44)59-57(60-56)52-38-54-51(37-50(52)43-20-9-3-10-21-43)49-26-13-14-27-53(49)61(54)48-34-32-42(33-35-48)47-25-15-24-46(36-47)40-18-7-2-8-19-40/h1-38H. The van der Waals surface area contributed by atoms with E-state index in [9.17, 15) is 0 Å². The first-order valence-corrected chi connectivity index (χ1v) is 20.6. The number of aromatic nitrogens is 4. The van der Waals surface area contributed by atoms with Crippen molar-refractivity contribution >= 4 is 21.8 Å². The summed E-state index contributed by atoms with van der Waals surface area (Å²) >= 11 is 0. The lowest BCUT2D eigenvalue weighted by molar-refractivity contribution is 1.07. The fraction of sp³-hybridized carbons (Fsp3) is 0. The summed E-state index contributed by atoms with van der Waals surface area (Å²) in [5, 5.41) is 2.34. The largest absolute Gasteiger partial charge is 0.309 e. The van der Waals surface area contributed by atoms with E-state index in [0.717, 1.165) is 61.1 Å². The fourth-order valence-electron chi connectivity index (χ4n) is 8.43. The highest BCUT2D eigenvalue weighted by atomic mass is 15.0. The molecule has 0 N–H and O–H groups in total. The predicted molar refractivity (Wildman–Crippen MR) is 252 cm³/mol. The van der Waals surface area contributed by atoms with Crippen molar-refractivity contribution in [1.29, 1.82) is 0 Å². The minimum absolute atomic E-state index is 0.613. The lowest BCUT2D eigenvalue weighted by atomic mass is 9.96. The Kier molecular flexibility index (Phi) is 9.14. The second-order valence-corrected chi connectivity index (χ2v) is 15.2. The second-order valence-electron chi connectivity index (χ2n) is 15.2. The van der Waals surface area contributed by atoms with E-state index in [2.05, 4.69) is 211 Å². The van der Waals surface area contributed by atoms with Gasteiger partial charge in [-0.15, -0.1) is 0 Å². The van der Waals surface area contributed by atoms with E-state index in [4.69, 9.17) is 15.0 Å². The molecule has 0 saturated carbocycles. The number of benzene rings is 9. The van der Waals surface area contributed by atoms with Gasteiger partial charge in [-0.05, 0) is 80.9 Å². The minimum atomic E-state index is 0.613. The molecule has 61 heavy (non-hydrogen) atoms. The minimum Gasteiger partial charge on any atom is -0.309 e. The van der Waals surface area contributed by atoms with Gasteiger partial charge in [0.25, 0.3) is 0 Å². The monoisotopic (exact) mass is 778 g/mol. The van der Waals surface area contributed by atoms with Crippen LogP contribution in [0.15, 0.2) is 231 Å². The maximum absolute atomic E-state index is 5.29. The zero-order valence-corrected chi connectivity index (χ0v) is 33.2. The second kappa shape index (κ2) is 15.5. The third kappa shape index (κ3) is 6.86. The Balaban J connectivity index is 1.10. The van der Waals surface area contributed by atoms with Gasteiger partial charge in [0.1, 0.15) is 0 Å². The normalized spacial score (nSPS) is 11.3. The number of fused-ring (bicyclic) bond motifs is 3. The van der Waals surface area contributed by atoms with E-state index >= 15 is 0 Å². The Hall–Kier alpha value is -8.21. The van der Waals surface area contributed by atoms with Gasteiger partial charge < -0.3 is 4.57 Å². The first-order chi connectivity index (χ1) is 30.2. The number of hydrogen-bond donors (Lipinski definition) is 0. The third-order valence-electron chi connectivity index (χ3n) is 11.5. The van der Waals surface area contributed by atoms with Gasteiger partial charge in [-0.25, -0.2) is 15.0 Å². The molecule has 4 heteroatoms. The molecule has 0 spiro atoms. The van der Waals surface area contributed by atoms with Crippen molar-refractivity contribution in [2.75, 3.05) is 0 Å². The molecule has 4 nitrogen and oxygen atoms in total. The van der Waals surface area contributed by atoms with Crippen LogP contribution in [0.4, 0.5) is 0 Å². The first kappa shape index (κ1) is 35.9. The van der Waals surface area contributed by atoms with E-state index in [0.29, 0.717) is 17.5 Å². The van der Waals surface area contributed by atoms with Crippen molar-refractivity contribution in [1.82, 2.24) is 19.5 Å². The fourth-order valence-corrected chi connectivity index (χ4v) is 8.43. The van der Waals surface area contributed by atoms with Crippen LogP contribution in [-0.2, 0) is 0 Å². The lowest BCUT2D eigenvalue weighted by Gasteiger charge is -2.15. The lowest BCUT2D eigenvalue weighted by Crippen LogP contribution is -2.02. The van der Waals surface area contributed by atoms with Crippen LogP contribution in [0.2, 0.25) is 0 Å². The average Bonchev–Trinajstić information content (AvgIpc) is 3.68. The number of para-hydroxylation sites is 1. The van der Waals surface area contributed by atoms with E-state index in [1.807, 2.05) is 24.3 Å². The van der Waals surface area contributed by atoms with Crippen LogP contribution >= 0.6 is 0 Å². The van der Waals surface area contributed by atoms with Crippen LogP contribution in [0.3, 0.4) is 0 Å². The summed E-state index contributed by atoms with van der Waals surface area (Å²) in [6.07, 6.45) is 0. The molecule has 2 heterocycles. The summed E-state index contributed by atoms with van der Waals surface area (Å²) in [7, 11) is 0. The molecule has 0 atom stereocenters. The highest BCUT2D eigenvalue weighted by Gasteiger charge is 2.21. The van der Waals surface area contributed by atoms with Crippen molar-refractivity contribution in [3.63, 3.8) is 0 Å². The number of hydrogen-bond acceptors (Lipinski definition) is 3. The van der Waals surface area contributed by atoms with Gasteiger partial charge in [0.15, 0.2) is 17.5 Å². The van der Waals surface area contributed by atoms with E-state index in [1.54, 1.807) is 0 Å². The number of nitrogens with zero attached hydrogens (tertiary/aromatic N) is 4. The molecule has 0 fully saturated rings. The molecule has 0 amide bonds. The molecule has 9 aromatic carbocycles. The summed E-state index contributed by atoms with van der Waals surface area (Å²) in [4.78, 5) is 15.6. The molecule has 0 aliphatic rings. The molecule has 0 bridgehead atoms. The summed E-state index contributed by atoms with van der Waals surface area (Å²) in [6, 6.07) is 81.2. The Morgan fingerprint density at radius 2 is 0.672 bits per heavy atom. The van der Waals surface area contributed by atoms with Gasteiger partial charge in [-0.3, -0.25) is 0 Å². The molecule has 0 aliphatic carbocycles. The van der Waals surface area contributed by atoms with E-state index in [-0.39, 0.29) is 0 Å². The molecular weight excluding hydrogens is 741 g/mol. The third-order valence-corrected chi connectivity index (χ3v) is 11.5. The molecule has 0 radical (unpaired) electrons. The van der Waals surface area contributed by atoms with Gasteiger partial charge in [-0.1, -0.05) is 194 Å². The van der Waals surface area contributed by atoms with Crippen LogP contribution in [0.1, 0.15) is 0 Å². The van der Waals surface area contributed by atoms with E-state index < -0.39 is 0 Å². The van der Waals surface area contributed by atoms with Crippen molar-refractivity contribution in [3.05, 3.63) is 231 Å². The van der Waals surface area contributed by atoms with Gasteiger partial charge in [0, 0.05) is 33.2 Å². The summed E-state index contributed by atoms with van der Waals surface area (Å²) in [5.41, 5.74) is 15.3. The Labute approximate surface area is 354 Å². The van der Waals surface area contributed by atoms with Crippen molar-refractivity contribution in [2.24, 2.45) is 0 Å². The van der Waals surface area contributed by atoms with Gasteiger partial charge >= 0.3 is 0 Å². The Morgan fingerprint density at radius 3 is 1.30 bits per heavy atom. The number of rotatable bonds is 8. The zero-order chi connectivity index (χ0) is 40.5. The Bertz CT molecular complexity index is 3300. The highest BCUT2D eigenvalue weighted by Crippen LogP contribution is 2.41. The quantitative estimate of drug-likeness (QED) is 0.154. The first-order valence-electron chi connectivity index (χ1n) is 20.6. The van der Waals surface area contributed by atoms with Crippen LogP contribution in [0, 0.1) is 0 Å². The molecule has 0 saturated heterocycles.